The minimum Gasteiger partial charge on any atom is -0.483 e. The molecule has 8 heteroatoms. The van der Waals surface area contributed by atoms with Crippen LogP contribution in [-0.4, -0.2) is 35.7 Å². The summed E-state index contributed by atoms with van der Waals surface area (Å²) >= 11 is 1.56. The van der Waals surface area contributed by atoms with Crippen LogP contribution < -0.4 is 10.1 Å². The quantitative estimate of drug-likeness (QED) is 0.642. The van der Waals surface area contributed by atoms with Crippen molar-refractivity contribution in [1.29, 1.82) is 0 Å². The summed E-state index contributed by atoms with van der Waals surface area (Å²) in [5.74, 6) is -0.233. The maximum absolute atomic E-state index is 13.4. The number of nitrogens with one attached hydrogen (secondary N) is 1. The number of nitrogens with zero attached hydrogens (tertiary/aromatic N) is 2. The van der Waals surface area contributed by atoms with Gasteiger partial charge in [-0.2, -0.15) is 5.10 Å². The number of rotatable bonds is 5. The highest BCUT2D eigenvalue weighted by Crippen LogP contribution is 2.34. The van der Waals surface area contributed by atoms with Crippen LogP contribution in [0.2, 0.25) is 0 Å². The van der Waals surface area contributed by atoms with Crippen LogP contribution in [0.25, 0.3) is 0 Å². The van der Waals surface area contributed by atoms with E-state index < -0.39 is 0 Å². The third-order valence-corrected chi connectivity index (χ3v) is 6.53. The van der Waals surface area contributed by atoms with Gasteiger partial charge < -0.3 is 10.1 Å². The Kier molecular flexibility index (Phi) is 5.45. The Morgan fingerprint density at radius 3 is 2.81 bits per heavy atom. The van der Waals surface area contributed by atoms with Gasteiger partial charge in [0.2, 0.25) is 0 Å². The van der Waals surface area contributed by atoms with Gasteiger partial charge in [-0.15, -0.1) is 11.3 Å². The molecule has 2 aliphatic rings. The van der Waals surface area contributed by atoms with E-state index in [0.717, 1.165) is 21.7 Å². The monoisotopic (exact) mass is 449 g/mol. The average Bonchev–Trinajstić information content (AvgIpc) is 3.49. The second kappa shape index (κ2) is 8.55. The van der Waals surface area contributed by atoms with Crippen molar-refractivity contribution in [3.63, 3.8) is 0 Å². The zero-order chi connectivity index (χ0) is 22.1. The van der Waals surface area contributed by atoms with E-state index >= 15 is 0 Å². The van der Waals surface area contributed by atoms with E-state index in [2.05, 4.69) is 10.4 Å². The first-order chi connectivity index (χ1) is 15.6. The van der Waals surface area contributed by atoms with E-state index in [-0.39, 0.29) is 30.3 Å². The van der Waals surface area contributed by atoms with E-state index in [1.807, 2.05) is 17.5 Å². The predicted molar refractivity (Wildman–Crippen MR) is 119 cm³/mol. The zero-order valence-corrected chi connectivity index (χ0v) is 17.9. The summed E-state index contributed by atoms with van der Waals surface area (Å²) in [6.45, 7) is 0.324. The van der Waals surface area contributed by atoms with Crippen LogP contribution in [0.5, 0.6) is 5.75 Å². The largest absolute Gasteiger partial charge is 0.483 e. The first kappa shape index (κ1) is 20.4. The standard InChI is InChI=1S/C24H20FN3O3S/c25-16-8-6-15(7-9-16)20-13-19(22-5-2-12-32-22)27-28(20)23(29)14-31-21-4-1-3-18-17(21)10-11-26-24(18)30/h1-9,12,20H,10-11,13-14H2,(H,26,30)/t20-/m1/s1. The smallest absolute Gasteiger partial charge is 0.281 e. The van der Waals surface area contributed by atoms with Gasteiger partial charge in [0.1, 0.15) is 11.6 Å². The summed E-state index contributed by atoms with van der Waals surface area (Å²) < 4.78 is 19.3. The van der Waals surface area contributed by atoms with Crippen LogP contribution >= 0.6 is 11.3 Å². The van der Waals surface area contributed by atoms with Gasteiger partial charge in [-0.05, 0) is 47.7 Å². The number of halogens is 1. The molecule has 1 atom stereocenters. The number of carbonyl (C=O) groups excluding carboxylic acids is 2. The second-order valence-corrected chi connectivity index (χ2v) is 8.56. The van der Waals surface area contributed by atoms with Gasteiger partial charge in [0.05, 0.1) is 16.6 Å². The van der Waals surface area contributed by atoms with Crippen LogP contribution in [0.15, 0.2) is 65.1 Å². The fraction of sp³-hybridized carbons (Fsp3) is 0.208. The number of hydrogen-bond donors (Lipinski definition) is 1. The molecule has 2 aliphatic heterocycles. The molecule has 3 aromatic rings. The molecule has 0 aliphatic carbocycles. The Bertz CT molecular complexity index is 1190. The molecule has 162 valence electrons. The van der Waals surface area contributed by atoms with E-state index in [9.17, 15) is 14.0 Å². The topological polar surface area (TPSA) is 71.0 Å². The van der Waals surface area contributed by atoms with Crippen molar-refractivity contribution in [1.82, 2.24) is 10.3 Å². The zero-order valence-electron chi connectivity index (χ0n) is 17.1. The first-order valence-corrected chi connectivity index (χ1v) is 11.2. The lowest BCUT2D eigenvalue weighted by atomic mass is 9.99. The molecule has 0 fully saturated rings. The minimum atomic E-state index is -0.334. The summed E-state index contributed by atoms with van der Waals surface area (Å²) in [6, 6.07) is 15.0. The highest BCUT2D eigenvalue weighted by molar-refractivity contribution is 7.12. The second-order valence-electron chi connectivity index (χ2n) is 7.61. The van der Waals surface area contributed by atoms with Crippen molar-refractivity contribution < 1.29 is 18.7 Å². The van der Waals surface area contributed by atoms with Crippen LogP contribution in [0.3, 0.4) is 0 Å². The third kappa shape index (κ3) is 3.89. The Morgan fingerprint density at radius 2 is 2.03 bits per heavy atom. The number of amides is 2. The van der Waals surface area contributed by atoms with Gasteiger partial charge >= 0.3 is 0 Å². The van der Waals surface area contributed by atoms with E-state index in [4.69, 9.17) is 4.74 Å². The van der Waals surface area contributed by atoms with Gasteiger partial charge in [0, 0.05) is 24.1 Å². The number of benzene rings is 2. The SMILES string of the molecule is O=C1NCCc2c(OCC(=O)N3N=C(c4cccs4)C[C@@H]3c3ccc(F)cc3)cccc21. The molecular formula is C24H20FN3O3S. The Hall–Kier alpha value is -3.52. The highest BCUT2D eigenvalue weighted by Gasteiger charge is 2.34. The molecule has 2 amide bonds. The van der Waals surface area contributed by atoms with Gasteiger partial charge in [-0.3, -0.25) is 9.59 Å². The molecule has 0 spiro atoms. The van der Waals surface area contributed by atoms with E-state index in [1.54, 1.807) is 41.7 Å². The maximum Gasteiger partial charge on any atom is 0.281 e. The summed E-state index contributed by atoms with van der Waals surface area (Å²) in [5, 5.41) is 10.8. The molecule has 3 heterocycles. The first-order valence-electron chi connectivity index (χ1n) is 10.3. The molecule has 0 bridgehead atoms. The molecule has 1 N–H and O–H groups in total. The summed E-state index contributed by atoms with van der Waals surface area (Å²) in [6.07, 6.45) is 1.19. The molecule has 0 saturated heterocycles. The van der Waals surface area contributed by atoms with Crippen LogP contribution in [0, 0.1) is 5.82 Å². The van der Waals surface area contributed by atoms with Gasteiger partial charge in [0.25, 0.3) is 11.8 Å². The van der Waals surface area contributed by atoms with Gasteiger partial charge in [0.15, 0.2) is 6.61 Å². The lowest BCUT2D eigenvalue weighted by Gasteiger charge is -2.23. The Labute approximate surface area is 188 Å². The highest BCUT2D eigenvalue weighted by atomic mass is 32.1. The van der Waals surface area contributed by atoms with Crippen molar-refractivity contribution in [2.75, 3.05) is 13.2 Å². The van der Waals surface area contributed by atoms with Crippen LogP contribution in [0.4, 0.5) is 4.39 Å². The van der Waals surface area contributed by atoms with Crippen LogP contribution in [0.1, 0.15) is 38.8 Å². The minimum absolute atomic E-state index is 0.135. The normalized spacial score (nSPS) is 17.5. The molecule has 0 unspecified atom stereocenters. The van der Waals surface area contributed by atoms with Crippen LogP contribution in [-0.2, 0) is 11.2 Å². The Morgan fingerprint density at radius 1 is 1.19 bits per heavy atom. The fourth-order valence-corrected chi connectivity index (χ4v) is 4.77. The number of carbonyl (C=O) groups is 2. The number of ether oxygens (including phenoxy) is 1. The summed E-state index contributed by atoms with van der Waals surface area (Å²) in [4.78, 5) is 26.2. The van der Waals surface area contributed by atoms with E-state index in [1.165, 1.54) is 17.1 Å². The lowest BCUT2D eigenvalue weighted by Crippen LogP contribution is -2.33. The fourth-order valence-electron chi connectivity index (χ4n) is 4.05. The van der Waals surface area contributed by atoms with Gasteiger partial charge in [-0.1, -0.05) is 24.3 Å². The summed E-state index contributed by atoms with van der Waals surface area (Å²) in [7, 11) is 0. The molecule has 0 saturated carbocycles. The number of fused-ring (bicyclic) bond motifs is 1. The predicted octanol–water partition coefficient (Wildman–Crippen LogP) is 3.93. The number of thiophene rings is 1. The average molecular weight is 450 g/mol. The van der Waals surface area contributed by atoms with Crippen molar-refractivity contribution in [2.45, 2.75) is 18.9 Å². The van der Waals surface area contributed by atoms with Crippen molar-refractivity contribution in [2.24, 2.45) is 5.10 Å². The maximum atomic E-state index is 13.4. The number of hydrazone groups is 1. The molecule has 6 nitrogen and oxygen atoms in total. The third-order valence-electron chi connectivity index (χ3n) is 5.62. The Balaban J connectivity index is 1.38. The molecule has 5 rings (SSSR count). The lowest BCUT2D eigenvalue weighted by molar-refractivity contribution is -0.135. The van der Waals surface area contributed by atoms with Crippen molar-refractivity contribution >= 4 is 28.9 Å². The van der Waals surface area contributed by atoms with E-state index in [0.29, 0.717) is 30.7 Å². The molecule has 0 radical (unpaired) electrons. The van der Waals surface area contributed by atoms with Crippen molar-refractivity contribution in [3.05, 3.63) is 87.4 Å². The molecular weight excluding hydrogens is 429 g/mol. The summed E-state index contributed by atoms with van der Waals surface area (Å²) in [5.41, 5.74) is 3.01. The molecule has 1 aromatic heterocycles. The number of hydrogen-bond acceptors (Lipinski definition) is 5. The van der Waals surface area contributed by atoms with Crippen molar-refractivity contribution in [3.8, 4) is 5.75 Å². The molecule has 2 aromatic carbocycles. The van der Waals surface area contributed by atoms with Gasteiger partial charge in [-0.25, -0.2) is 9.40 Å². The molecule has 32 heavy (non-hydrogen) atoms.